The Morgan fingerprint density at radius 3 is 2.86 bits per heavy atom. The average Bonchev–Trinajstić information content (AvgIpc) is 3.03. The summed E-state index contributed by atoms with van der Waals surface area (Å²) in [5, 5.41) is 27.2. The molecule has 0 aliphatic heterocycles. The molecule has 3 rings (SSSR count). The van der Waals surface area contributed by atoms with Crippen LogP contribution in [0.2, 0.25) is 0 Å². The first-order valence-electron chi connectivity index (χ1n) is 6.59. The second-order valence-electron chi connectivity index (χ2n) is 4.75. The molecule has 21 heavy (non-hydrogen) atoms. The van der Waals surface area contributed by atoms with Gasteiger partial charge < -0.3 is 10.4 Å². The van der Waals surface area contributed by atoms with Gasteiger partial charge in [-0.3, -0.25) is 0 Å². The van der Waals surface area contributed by atoms with E-state index < -0.39 is 0 Å². The molecular formula is C15H15N5O. The maximum atomic E-state index is 10.0. The fourth-order valence-electron chi connectivity index (χ4n) is 2.11. The van der Waals surface area contributed by atoms with E-state index in [0.717, 1.165) is 22.4 Å². The van der Waals surface area contributed by atoms with Crippen molar-refractivity contribution in [2.24, 2.45) is 0 Å². The number of rotatable bonds is 4. The SMILES string of the molecule is Cc1cccc(CNc2cccc(-c3nn[nH]n3)c2)c1O. The van der Waals surface area contributed by atoms with Crippen molar-refractivity contribution < 1.29 is 5.11 Å². The van der Waals surface area contributed by atoms with E-state index in [1.54, 1.807) is 0 Å². The Morgan fingerprint density at radius 2 is 2.05 bits per heavy atom. The molecule has 6 nitrogen and oxygen atoms in total. The van der Waals surface area contributed by atoms with E-state index in [2.05, 4.69) is 25.9 Å². The topological polar surface area (TPSA) is 86.7 Å². The first-order chi connectivity index (χ1) is 10.2. The normalized spacial score (nSPS) is 10.5. The number of H-pyrrole nitrogens is 1. The third kappa shape index (κ3) is 2.84. The molecule has 106 valence electrons. The molecule has 0 aliphatic carbocycles. The zero-order chi connectivity index (χ0) is 14.7. The third-order valence-corrected chi connectivity index (χ3v) is 3.27. The summed E-state index contributed by atoms with van der Waals surface area (Å²) in [5.41, 5.74) is 3.54. The lowest BCUT2D eigenvalue weighted by Crippen LogP contribution is -2.00. The number of aromatic hydroxyl groups is 1. The lowest BCUT2D eigenvalue weighted by molar-refractivity contribution is 0.465. The lowest BCUT2D eigenvalue weighted by atomic mass is 10.1. The number of phenols is 1. The summed E-state index contributed by atoms with van der Waals surface area (Å²) in [6, 6.07) is 13.5. The molecule has 0 unspecified atom stereocenters. The van der Waals surface area contributed by atoms with E-state index in [9.17, 15) is 5.11 Å². The number of hydrogen-bond acceptors (Lipinski definition) is 5. The van der Waals surface area contributed by atoms with Crippen LogP contribution in [0.4, 0.5) is 5.69 Å². The summed E-state index contributed by atoms with van der Waals surface area (Å²) in [4.78, 5) is 0. The number of aromatic amines is 1. The molecule has 3 aromatic rings. The van der Waals surface area contributed by atoms with E-state index >= 15 is 0 Å². The minimum Gasteiger partial charge on any atom is -0.507 e. The number of para-hydroxylation sites is 1. The Labute approximate surface area is 121 Å². The summed E-state index contributed by atoms with van der Waals surface area (Å²) >= 11 is 0. The molecule has 0 amide bonds. The number of nitrogens with one attached hydrogen (secondary N) is 2. The molecule has 0 spiro atoms. The highest BCUT2D eigenvalue weighted by atomic mass is 16.3. The number of hydrogen-bond donors (Lipinski definition) is 3. The first kappa shape index (κ1) is 13.1. The summed E-state index contributed by atoms with van der Waals surface area (Å²) in [5.74, 6) is 0.886. The van der Waals surface area contributed by atoms with Gasteiger partial charge in [-0.05, 0) is 29.8 Å². The van der Waals surface area contributed by atoms with Crippen molar-refractivity contribution in [3.63, 3.8) is 0 Å². The van der Waals surface area contributed by atoms with Crippen LogP contribution < -0.4 is 5.32 Å². The largest absolute Gasteiger partial charge is 0.507 e. The number of nitrogens with zero attached hydrogens (tertiary/aromatic N) is 3. The van der Waals surface area contributed by atoms with Crippen molar-refractivity contribution >= 4 is 5.69 Å². The molecule has 1 aromatic heterocycles. The van der Waals surface area contributed by atoms with Gasteiger partial charge in [-0.2, -0.15) is 5.21 Å². The maximum Gasteiger partial charge on any atom is 0.204 e. The molecule has 0 bridgehead atoms. The molecule has 0 radical (unpaired) electrons. The molecule has 0 atom stereocenters. The standard InChI is InChI=1S/C15H15N5O/c1-10-4-2-6-12(14(10)21)9-16-13-7-3-5-11(8-13)15-17-19-20-18-15/h2-8,16,21H,9H2,1H3,(H,17,18,19,20). The van der Waals surface area contributed by atoms with Crippen molar-refractivity contribution in [1.82, 2.24) is 20.6 Å². The van der Waals surface area contributed by atoms with Crippen LogP contribution in [0.5, 0.6) is 5.75 Å². The highest BCUT2D eigenvalue weighted by Crippen LogP contribution is 2.23. The number of benzene rings is 2. The monoisotopic (exact) mass is 281 g/mol. The van der Waals surface area contributed by atoms with Gasteiger partial charge in [0.05, 0.1) is 0 Å². The van der Waals surface area contributed by atoms with Gasteiger partial charge >= 0.3 is 0 Å². The molecule has 0 saturated heterocycles. The van der Waals surface area contributed by atoms with Crippen molar-refractivity contribution in [2.75, 3.05) is 5.32 Å². The van der Waals surface area contributed by atoms with Crippen LogP contribution >= 0.6 is 0 Å². The van der Waals surface area contributed by atoms with E-state index in [0.29, 0.717) is 18.1 Å². The second kappa shape index (κ2) is 5.62. The van der Waals surface area contributed by atoms with Gasteiger partial charge in [0.25, 0.3) is 0 Å². The molecular weight excluding hydrogens is 266 g/mol. The van der Waals surface area contributed by atoms with Gasteiger partial charge in [0, 0.05) is 23.4 Å². The molecule has 2 aromatic carbocycles. The quantitative estimate of drug-likeness (QED) is 0.684. The van der Waals surface area contributed by atoms with Crippen molar-refractivity contribution in [1.29, 1.82) is 0 Å². The van der Waals surface area contributed by atoms with E-state index in [1.165, 1.54) is 0 Å². The Kier molecular flexibility index (Phi) is 3.51. The smallest absolute Gasteiger partial charge is 0.204 e. The molecule has 0 fully saturated rings. The lowest BCUT2D eigenvalue weighted by Gasteiger charge is -2.10. The zero-order valence-corrected chi connectivity index (χ0v) is 11.5. The summed E-state index contributed by atoms with van der Waals surface area (Å²) < 4.78 is 0. The summed E-state index contributed by atoms with van der Waals surface area (Å²) in [7, 11) is 0. The number of phenolic OH excluding ortho intramolecular Hbond substituents is 1. The molecule has 3 N–H and O–H groups in total. The van der Waals surface area contributed by atoms with Gasteiger partial charge in [0.1, 0.15) is 5.75 Å². The average molecular weight is 281 g/mol. The van der Waals surface area contributed by atoms with E-state index in [-0.39, 0.29) is 0 Å². The van der Waals surface area contributed by atoms with Crippen LogP contribution in [0.1, 0.15) is 11.1 Å². The number of tetrazole rings is 1. The fourth-order valence-corrected chi connectivity index (χ4v) is 2.11. The van der Waals surface area contributed by atoms with E-state index in [4.69, 9.17) is 0 Å². The van der Waals surface area contributed by atoms with Crippen LogP contribution in [0, 0.1) is 6.92 Å². The van der Waals surface area contributed by atoms with Crippen LogP contribution in [-0.2, 0) is 6.54 Å². The van der Waals surface area contributed by atoms with Gasteiger partial charge in [0.15, 0.2) is 0 Å². The molecule has 0 aliphatic rings. The molecule has 1 heterocycles. The van der Waals surface area contributed by atoms with Gasteiger partial charge in [-0.25, -0.2) is 0 Å². The summed E-state index contributed by atoms with van der Waals surface area (Å²) in [6.45, 7) is 2.43. The van der Waals surface area contributed by atoms with E-state index in [1.807, 2.05) is 49.4 Å². The van der Waals surface area contributed by atoms with Crippen LogP contribution in [0.3, 0.4) is 0 Å². The van der Waals surface area contributed by atoms with Crippen molar-refractivity contribution in [3.8, 4) is 17.1 Å². The van der Waals surface area contributed by atoms with Crippen molar-refractivity contribution in [3.05, 3.63) is 53.6 Å². The minimum atomic E-state index is 0.333. The Hall–Kier alpha value is -2.89. The Morgan fingerprint density at radius 1 is 1.19 bits per heavy atom. The first-order valence-corrected chi connectivity index (χ1v) is 6.59. The van der Waals surface area contributed by atoms with Crippen molar-refractivity contribution in [2.45, 2.75) is 13.5 Å². The number of aryl methyl sites for hydroxylation is 1. The highest BCUT2D eigenvalue weighted by Gasteiger charge is 2.05. The predicted octanol–water partition coefficient (Wildman–Crippen LogP) is 2.49. The number of aromatic nitrogens is 4. The van der Waals surface area contributed by atoms with Gasteiger partial charge in [0.2, 0.25) is 5.82 Å². The molecule has 0 saturated carbocycles. The van der Waals surface area contributed by atoms with Crippen LogP contribution in [0.25, 0.3) is 11.4 Å². The second-order valence-corrected chi connectivity index (χ2v) is 4.75. The minimum absolute atomic E-state index is 0.333. The molecule has 6 heteroatoms. The third-order valence-electron chi connectivity index (χ3n) is 3.27. The van der Waals surface area contributed by atoms with Gasteiger partial charge in [-0.15, -0.1) is 10.2 Å². The summed E-state index contributed by atoms with van der Waals surface area (Å²) in [6.07, 6.45) is 0. The Bertz CT molecular complexity index is 740. The fraction of sp³-hybridized carbons (Fsp3) is 0.133. The van der Waals surface area contributed by atoms with Gasteiger partial charge in [-0.1, -0.05) is 30.3 Å². The number of anilines is 1. The highest BCUT2D eigenvalue weighted by molar-refractivity contribution is 5.62. The Balaban J connectivity index is 1.77. The maximum absolute atomic E-state index is 10.0. The predicted molar refractivity (Wildman–Crippen MR) is 79.8 cm³/mol. The van der Waals surface area contributed by atoms with Crippen LogP contribution in [-0.4, -0.2) is 25.7 Å². The zero-order valence-electron chi connectivity index (χ0n) is 11.5. The van der Waals surface area contributed by atoms with Crippen LogP contribution in [0.15, 0.2) is 42.5 Å².